The van der Waals surface area contributed by atoms with Gasteiger partial charge in [0.2, 0.25) is 0 Å². The summed E-state index contributed by atoms with van der Waals surface area (Å²) in [7, 11) is 0. The number of para-hydroxylation sites is 1. The van der Waals surface area contributed by atoms with E-state index in [1.54, 1.807) is 0 Å². The molecule has 5 heteroatoms. The molecule has 3 aliphatic heterocycles. The van der Waals surface area contributed by atoms with Gasteiger partial charge < -0.3 is 14.4 Å². The van der Waals surface area contributed by atoms with Crippen molar-refractivity contribution in [2.75, 3.05) is 13.2 Å². The average molecular weight is 308 g/mol. The molecule has 2 fully saturated rings. The number of carbonyl (C=O) groups excluding carboxylic acids is 1. The van der Waals surface area contributed by atoms with Gasteiger partial charge in [-0.05, 0) is 37.8 Å². The van der Waals surface area contributed by atoms with Crippen LogP contribution in [0.25, 0.3) is 0 Å². The summed E-state index contributed by atoms with van der Waals surface area (Å²) < 4.78 is 11.3. The number of alkyl halides is 1. The van der Waals surface area contributed by atoms with E-state index in [2.05, 4.69) is 0 Å². The highest BCUT2D eigenvalue weighted by molar-refractivity contribution is 6.20. The molecule has 2 bridgehead atoms. The standard InChI is InChI=1S/C16H18ClNO3/c17-10-8-11-4-5-12(9-10)18(11)16(19)13-2-1-3-14-15(13)21-7-6-20-14/h1-3,10-12H,4-9H2. The zero-order valence-corrected chi connectivity index (χ0v) is 12.5. The number of nitrogens with zero attached hydrogens (tertiary/aromatic N) is 1. The van der Waals surface area contributed by atoms with E-state index < -0.39 is 0 Å². The Kier molecular flexibility index (Phi) is 3.21. The van der Waals surface area contributed by atoms with Crippen LogP contribution in [0.15, 0.2) is 18.2 Å². The van der Waals surface area contributed by atoms with Gasteiger partial charge in [0.15, 0.2) is 11.5 Å². The van der Waals surface area contributed by atoms with E-state index in [0.29, 0.717) is 30.3 Å². The van der Waals surface area contributed by atoms with Gasteiger partial charge in [-0.25, -0.2) is 0 Å². The molecule has 3 heterocycles. The smallest absolute Gasteiger partial charge is 0.258 e. The van der Waals surface area contributed by atoms with Crippen LogP contribution >= 0.6 is 11.6 Å². The normalized spacial score (nSPS) is 30.3. The molecule has 0 saturated carbocycles. The molecule has 2 saturated heterocycles. The number of hydrogen-bond donors (Lipinski definition) is 0. The topological polar surface area (TPSA) is 38.8 Å². The maximum absolute atomic E-state index is 13.0. The first-order chi connectivity index (χ1) is 10.2. The lowest BCUT2D eigenvalue weighted by molar-refractivity contribution is 0.0590. The van der Waals surface area contributed by atoms with E-state index in [1.165, 1.54) is 0 Å². The fraction of sp³-hybridized carbons (Fsp3) is 0.562. The van der Waals surface area contributed by atoms with Crippen LogP contribution in [0, 0.1) is 0 Å². The quantitative estimate of drug-likeness (QED) is 0.749. The van der Waals surface area contributed by atoms with Gasteiger partial charge in [-0.1, -0.05) is 6.07 Å². The molecule has 3 aliphatic rings. The third-order valence-corrected chi connectivity index (χ3v) is 5.06. The minimum absolute atomic E-state index is 0.0633. The van der Waals surface area contributed by atoms with Crippen LogP contribution in [-0.4, -0.2) is 41.5 Å². The van der Waals surface area contributed by atoms with E-state index in [4.69, 9.17) is 21.1 Å². The number of benzene rings is 1. The minimum Gasteiger partial charge on any atom is -0.486 e. The van der Waals surface area contributed by atoms with Crippen molar-refractivity contribution in [1.82, 2.24) is 4.90 Å². The van der Waals surface area contributed by atoms with Crippen molar-refractivity contribution in [2.45, 2.75) is 43.1 Å². The number of carbonyl (C=O) groups is 1. The summed E-state index contributed by atoms with van der Waals surface area (Å²) >= 11 is 6.30. The predicted molar refractivity (Wildman–Crippen MR) is 79.3 cm³/mol. The van der Waals surface area contributed by atoms with Gasteiger partial charge in [0, 0.05) is 17.5 Å². The Balaban J connectivity index is 1.67. The van der Waals surface area contributed by atoms with Gasteiger partial charge in [-0.3, -0.25) is 4.79 Å². The molecule has 21 heavy (non-hydrogen) atoms. The van der Waals surface area contributed by atoms with E-state index >= 15 is 0 Å². The van der Waals surface area contributed by atoms with E-state index in [-0.39, 0.29) is 23.4 Å². The fourth-order valence-electron chi connectivity index (χ4n) is 3.82. The number of hydrogen-bond acceptors (Lipinski definition) is 3. The number of amides is 1. The number of halogens is 1. The van der Waals surface area contributed by atoms with Crippen molar-refractivity contribution >= 4 is 17.5 Å². The van der Waals surface area contributed by atoms with Crippen LogP contribution in [-0.2, 0) is 0 Å². The van der Waals surface area contributed by atoms with Crippen molar-refractivity contribution in [2.24, 2.45) is 0 Å². The van der Waals surface area contributed by atoms with E-state index in [1.807, 2.05) is 23.1 Å². The van der Waals surface area contributed by atoms with Gasteiger partial charge in [-0.15, -0.1) is 11.6 Å². The lowest BCUT2D eigenvalue weighted by atomic mass is 10.0. The average Bonchev–Trinajstić information content (AvgIpc) is 2.78. The van der Waals surface area contributed by atoms with E-state index in [0.717, 1.165) is 25.7 Å². The van der Waals surface area contributed by atoms with Gasteiger partial charge in [0.1, 0.15) is 13.2 Å². The van der Waals surface area contributed by atoms with Gasteiger partial charge >= 0.3 is 0 Å². The summed E-state index contributed by atoms with van der Waals surface area (Å²) in [5.41, 5.74) is 0.622. The monoisotopic (exact) mass is 307 g/mol. The maximum atomic E-state index is 13.0. The highest BCUT2D eigenvalue weighted by Crippen LogP contribution is 2.41. The Labute approximate surface area is 129 Å². The molecular weight excluding hydrogens is 290 g/mol. The van der Waals surface area contributed by atoms with Crippen LogP contribution in [0.4, 0.5) is 0 Å². The van der Waals surface area contributed by atoms with Gasteiger partial charge in [0.05, 0.1) is 5.56 Å². The molecule has 1 aromatic carbocycles. The minimum atomic E-state index is 0.0633. The predicted octanol–water partition coefficient (Wildman–Crippen LogP) is 2.83. The van der Waals surface area contributed by atoms with Crippen LogP contribution in [0.1, 0.15) is 36.0 Å². The Hall–Kier alpha value is -1.42. The number of piperidine rings is 1. The van der Waals surface area contributed by atoms with Crippen molar-refractivity contribution < 1.29 is 14.3 Å². The first-order valence-corrected chi connectivity index (χ1v) is 8.03. The van der Waals surface area contributed by atoms with Crippen LogP contribution in [0.3, 0.4) is 0 Å². The third kappa shape index (κ3) is 2.16. The molecule has 2 unspecified atom stereocenters. The molecule has 4 nitrogen and oxygen atoms in total. The SMILES string of the molecule is O=C(c1cccc2c1OCCO2)N1C2CCC1CC(Cl)C2. The molecular formula is C16H18ClNO3. The molecule has 4 rings (SSSR count). The second kappa shape index (κ2) is 5.09. The highest BCUT2D eigenvalue weighted by Gasteiger charge is 2.43. The lowest BCUT2D eigenvalue weighted by Crippen LogP contribution is -2.47. The Morgan fingerprint density at radius 1 is 1.14 bits per heavy atom. The van der Waals surface area contributed by atoms with Crippen molar-refractivity contribution in [3.8, 4) is 11.5 Å². The Morgan fingerprint density at radius 3 is 2.62 bits per heavy atom. The molecule has 2 atom stereocenters. The third-order valence-electron chi connectivity index (χ3n) is 4.71. The Morgan fingerprint density at radius 2 is 1.86 bits per heavy atom. The largest absolute Gasteiger partial charge is 0.486 e. The first-order valence-electron chi connectivity index (χ1n) is 7.59. The molecule has 1 aromatic rings. The molecule has 0 spiro atoms. The van der Waals surface area contributed by atoms with Crippen molar-refractivity contribution in [3.05, 3.63) is 23.8 Å². The molecule has 0 aliphatic carbocycles. The van der Waals surface area contributed by atoms with E-state index in [9.17, 15) is 4.79 Å². The van der Waals surface area contributed by atoms with Crippen molar-refractivity contribution in [1.29, 1.82) is 0 Å². The molecule has 112 valence electrons. The summed E-state index contributed by atoms with van der Waals surface area (Å²) in [4.78, 5) is 15.0. The fourth-order valence-corrected chi connectivity index (χ4v) is 4.23. The molecule has 1 amide bonds. The van der Waals surface area contributed by atoms with Crippen LogP contribution in [0.2, 0.25) is 0 Å². The second-order valence-electron chi connectivity index (χ2n) is 6.00. The zero-order valence-electron chi connectivity index (χ0n) is 11.8. The summed E-state index contributed by atoms with van der Waals surface area (Å²) in [6.07, 6.45) is 3.92. The summed E-state index contributed by atoms with van der Waals surface area (Å²) in [6.45, 7) is 1.03. The maximum Gasteiger partial charge on any atom is 0.258 e. The number of rotatable bonds is 1. The Bertz CT molecular complexity index is 563. The zero-order chi connectivity index (χ0) is 14.4. The second-order valence-corrected chi connectivity index (χ2v) is 6.61. The summed E-state index contributed by atoms with van der Waals surface area (Å²) in [5.74, 6) is 1.33. The highest BCUT2D eigenvalue weighted by atomic mass is 35.5. The lowest BCUT2D eigenvalue weighted by Gasteiger charge is -2.37. The van der Waals surface area contributed by atoms with Gasteiger partial charge in [-0.2, -0.15) is 0 Å². The molecule has 0 radical (unpaired) electrons. The van der Waals surface area contributed by atoms with Crippen LogP contribution in [0.5, 0.6) is 11.5 Å². The molecule has 0 aromatic heterocycles. The van der Waals surface area contributed by atoms with Crippen molar-refractivity contribution in [3.63, 3.8) is 0 Å². The summed E-state index contributed by atoms with van der Waals surface area (Å²) in [6, 6.07) is 6.10. The molecule has 0 N–H and O–H groups in total. The first kappa shape index (κ1) is 13.3. The number of fused-ring (bicyclic) bond motifs is 3. The summed E-state index contributed by atoms with van der Waals surface area (Å²) in [5, 5.41) is 0.204. The van der Waals surface area contributed by atoms with Crippen LogP contribution < -0.4 is 9.47 Å². The number of ether oxygens (including phenoxy) is 2. The van der Waals surface area contributed by atoms with Gasteiger partial charge in [0.25, 0.3) is 5.91 Å².